The average Bonchev–Trinajstić information content (AvgIpc) is 2.18. The van der Waals surface area contributed by atoms with Crippen molar-refractivity contribution in [2.45, 2.75) is 27.2 Å². The fraction of sp³-hybridized carbons (Fsp3) is 0.308. The Morgan fingerprint density at radius 1 is 1.29 bits per heavy atom. The van der Waals surface area contributed by atoms with Crippen LogP contribution in [0.25, 0.3) is 5.57 Å². The second-order valence-electron chi connectivity index (χ2n) is 3.51. The minimum absolute atomic E-state index is 0.183. The third-order valence-electron chi connectivity index (χ3n) is 2.23. The van der Waals surface area contributed by atoms with Crippen molar-refractivity contribution in [2.24, 2.45) is 0 Å². The summed E-state index contributed by atoms with van der Waals surface area (Å²) < 4.78 is 0. The zero-order valence-electron chi connectivity index (χ0n) is 9.00. The third-order valence-corrected chi connectivity index (χ3v) is 2.23. The van der Waals surface area contributed by atoms with Gasteiger partial charge >= 0.3 is 0 Å². The molecule has 0 aliphatic carbocycles. The van der Waals surface area contributed by atoms with Gasteiger partial charge in [-0.15, -0.1) is 0 Å². The van der Waals surface area contributed by atoms with E-state index in [0.717, 1.165) is 11.1 Å². The number of hydrogen-bond acceptors (Lipinski definition) is 1. The highest BCUT2D eigenvalue weighted by molar-refractivity contribution is 5.96. The molecule has 0 N–H and O–H groups in total. The molecule has 0 spiro atoms. The SMILES string of the molecule is CCC(=O)/C=C(/C)c1ccc(C)cc1. The summed E-state index contributed by atoms with van der Waals surface area (Å²) in [4.78, 5) is 11.2. The molecule has 0 saturated carbocycles. The van der Waals surface area contributed by atoms with Gasteiger partial charge in [0.2, 0.25) is 0 Å². The summed E-state index contributed by atoms with van der Waals surface area (Å²) in [7, 11) is 0. The monoisotopic (exact) mass is 188 g/mol. The van der Waals surface area contributed by atoms with Gasteiger partial charge in [-0.05, 0) is 31.1 Å². The lowest BCUT2D eigenvalue weighted by Crippen LogP contribution is -1.90. The van der Waals surface area contributed by atoms with Gasteiger partial charge < -0.3 is 0 Å². The molecule has 1 nitrogen and oxygen atoms in total. The molecule has 0 unspecified atom stereocenters. The summed E-state index contributed by atoms with van der Waals surface area (Å²) in [6.07, 6.45) is 2.29. The molecule has 0 fully saturated rings. The van der Waals surface area contributed by atoms with Gasteiger partial charge in [0.05, 0.1) is 0 Å². The zero-order valence-corrected chi connectivity index (χ0v) is 9.00. The Morgan fingerprint density at radius 2 is 1.86 bits per heavy atom. The predicted octanol–water partition coefficient (Wildman–Crippen LogP) is 3.38. The fourth-order valence-electron chi connectivity index (χ4n) is 1.24. The van der Waals surface area contributed by atoms with Crippen LogP contribution in [-0.4, -0.2) is 5.78 Å². The van der Waals surface area contributed by atoms with Crippen molar-refractivity contribution < 1.29 is 4.79 Å². The number of allylic oxidation sites excluding steroid dienone is 2. The molecule has 0 saturated heterocycles. The van der Waals surface area contributed by atoms with Crippen LogP contribution in [0.2, 0.25) is 0 Å². The molecule has 1 heteroatoms. The van der Waals surface area contributed by atoms with Crippen LogP contribution in [0.4, 0.5) is 0 Å². The maximum atomic E-state index is 11.2. The van der Waals surface area contributed by atoms with Crippen LogP contribution in [0.5, 0.6) is 0 Å². The number of ketones is 1. The number of benzene rings is 1. The first-order chi connectivity index (χ1) is 6.63. The van der Waals surface area contributed by atoms with Gasteiger partial charge in [-0.25, -0.2) is 0 Å². The summed E-state index contributed by atoms with van der Waals surface area (Å²) in [5, 5.41) is 0. The van der Waals surface area contributed by atoms with Crippen molar-refractivity contribution in [3.8, 4) is 0 Å². The summed E-state index contributed by atoms with van der Waals surface area (Å²) in [6, 6.07) is 8.21. The maximum absolute atomic E-state index is 11.2. The molecule has 0 radical (unpaired) electrons. The molecule has 0 aliphatic heterocycles. The van der Waals surface area contributed by atoms with E-state index in [9.17, 15) is 4.79 Å². The molecule has 0 atom stereocenters. The molecule has 0 aliphatic rings. The molecule has 1 aromatic carbocycles. The summed E-state index contributed by atoms with van der Waals surface area (Å²) in [5.74, 6) is 0.183. The summed E-state index contributed by atoms with van der Waals surface area (Å²) in [6.45, 7) is 5.90. The number of hydrogen-bond donors (Lipinski definition) is 0. The average molecular weight is 188 g/mol. The molecule has 0 bridgehead atoms. The van der Waals surface area contributed by atoms with Gasteiger partial charge in [-0.3, -0.25) is 4.79 Å². The lowest BCUT2D eigenvalue weighted by molar-refractivity contribution is -0.114. The van der Waals surface area contributed by atoms with Crippen molar-refractivity contribution in [1.29, 1.82) is 0 Å². The van der Waals surface area contributed by atoms with Gasteiger partial charge in [0.1, 0.15) is 0 Å². The van der Waals surface area contributed by atoms with Gasteiger partial charge in [-0.2, -0.15) is 0 Å². The normalized spacial score (nSPS) is 11.5. The van der Waals surface area contributed by atoms with Gasteiger partial charge in [0.25, 0.3) is 0 Å². The Morgan fingerprint density at radius 3 is 2.36 bits per heavy atom. The lowest BCUT2D eigenvalue weighted by atomic mass is 10.0. The summed E-state index contributed by atoms with van der Waals surface area (Å²) >= 11 is 0. The second-order valence-corrected chi connectivity index (χ2v) is 3.51. The quantitative estimate of drug-likeness (QED) is 0.664. The predicted molar refractivity (Wildman–Crippen MR) is 60.1 cm³/mol. The highest BCUT2D eigenvalue weighted by atomic mass is 16.1. The van der Waals surface area contributed by atoms with Crippen LogP contribution in [0.3, 0.4) is 0 Å². The molecule has 1 aromatic rings. The first kappa shape index (κ1) is 10.7. The highest BCUT2D eigenvalue weighted by Crippen LogP contribution is 2.14. The first-order valence-electron chi connectivity index (χ1n) is 4.91. The topological polar surface area (TPSA) is 17.1 Å². The van der Waals surface area contributed by atoms with E-state index in [4.69, 9.17) is 0 Å². The smallest absolute Gasteiger partial charge is 0.155 e. The van der Waals surface area contributed by atoms with E-state index in [-0.39, 0.29) is 5.78 Å². The molecule has 0 amide bonds. The van der Waals surface area contributed by atoms with Gasteiger partial charge in [0, 0.05) is 6.42 Å². The van der Waals surface area contributed by atoms with Crippen molar-refractivity contribution in [1.82, 2.24) is 0 Å². The largest absolute Gasteiger partial charge is 0.295 e. The van der Waals surface area contributed by atoms with E-state index in [1.54, 1.807) is 6.08 Å². The van der Waals surface area contributed by atoms with Gasteiger partial charge in [-0.1, -0.05) is 36.8 Å². The Kier molecular flexibility index (Phi) is 3.63. The number of carbonyl (C=O) groups is 1. The van der Waals surface area contributed by atoms with E-state index in [0.29, 0.717) is 6.42 Å². The molecule has 1 rings (SSSR count). The fourth-order valence-corrected chi connectivity index (χ4v) is 1.24. The molecule has 14 heavy (non-hydrogen) atoms. The maximum Gasteiger partial charge on any atom is 0.155 e. The lowest BCUT2D eigenvalue weighted by Gasteiger charge is -2.01. The molecule has 0 aromatic heterocycles. The molecule has 74 valence electrons. The summed E-state index contributed by atoms with van der Waals surface area (Å²) in [5.41, 5.74) is 3.40. The van der Waals surface area contributed by atoms with Crippen molar-refractivity contribution in [3.05, 3.63) is 41.5 Å². The van der Waals surface area contributed by atoms with Gasteiger partial charge in [0.15, 0.2) is 5.78 Å². The van der Waals surface area contributed by atoms with E-state index < -0.39 is 0 Å². The minimum Gasteiger partial charge on any atom is -0.295 e. The van der Waals surface area contributed by atoms with Crippen LogP contribution >= 0.6 is 0 Å². The molecular formula is C13H16O. The Hall–Kier alpha value is -1.37. The van der Waals surface area contributed by atoms with Crippen LogP contribution in [0.15, 0.2) is 30.3 Å². The number of aryl methyl sites for hydroxylation is 1. The Balaban J connectivity index is 2.89. The Bertz CT molecular complexity index is 344. The third kappa shape index (κ3) is 2.84. The minimum atomic E-state index is 0.183. The zero-order chi connectivity index (χ0) is 10.6. The highest BCUT2D eigenvalue weighted by Gasteiger charge is 1.98. The van der Waals surface area contributed by atoms with Crippen LogP contribution in [-0.2, 0) is 4.79 Å². The van der Waals surface area contributed by atoms with Crippen LogP contribution in [0.1, 0.15) is 31.4 Å². The molecular weight excluding hydrogens is 172 g/mol. The van der Waals surface area contributed by atoms with Crippen molar-refractivity contribution in [2.75, 3.05) is 0 Å². The van der Waals surface area contributed by atoms with Crippen molar-refractivity contribution in [3.63, 3.8) is 0 Å². The van der Waals surface area contributed by atoms with E-state index in [2.05, 4.69) is 19.1 Å². The van der Waals surface area contributed by atoms with E-state index >= 15 is 0 Å². The van der Waals surface area contributed by atoms with Crippen LogP contribution < -0.4 is 0 Å². The van der Waals surface area contributed by atoms with Crippen molar-refractivity contribution >= 4 is 11.4 Å². The first-order valence-corrected chi connectivity index (χ1v) is 4.91. The van der Waals surface area contributed by atoms with Crippen LogP contribution in [0, 0.1) is 6.92 Å². The molecule has 0 heterocycles. The number of carbonyl (C=O) groups excluding carboxylic acids is 1. The van der Waals surface area contributed by atoms with E-state index in [1.165, 1.54) is 5.56 Å². The standard InChI is InChI=1S/C13H16O/c1-4-13(14)9-11(3)12-7-5-10(2)6-8-12/h5-9H,4H2,1-3H3/b11-9-. The second kappa shape index (κ2) is 4.75. The Labute approximate surface area is 85.5 Å². The van der Waals surface area contributed by atoms with E-state index in [1.807, 2.05) is 26.0 Å². The number of rotatable bonds is 3.